The molecule has 0 bridgehead atoms. The van der Waals surface area contributed by atoms with Gasteiger partial charge in [-0.2, -0.15) is 0 Å². The van der Waals surface area contributed by atoms with Crippen molar-refractivity contribution in [1.29, 1.82) is 0 Å². The van der Waals surface area contributed by atoms with Crippen LogP contribution in [0.15, 0.2) is 0 Å². The van der Waals surface area contributed by atoms with Gasteiger partial charge in [-0.25, -0.2) is 4.79 Å². The molecule has 1 saturated carbocycles. The molecule has 4 nitrogen and oxygen atoms in total. The average molecular weight is 255 g/mol. The molecule has 2 N–H and O–H groups in total. The minimum atomic E-state index is -0.00966. The number of hydrogen-bond donors (Lipinski definition) is 2. The first kappa shape index (κ1) is 15.3. The van der Waals surface area contributed by atoms with Crippen LogP contribution >= 0.6 is 0 Å². The molecule has 0 spiro atoms. The van der Waals surface area contributed by atoms with Crippen LogP contribution in [0.5, 0.6) is 0 Å². The summed E-state index contributed by atoms with van der Waals surface area (Å²) in [6.45, 7) is 2.60. The molecule has 4 heteroatoms. The molecule has 0 aromatic heterocycles. The molecule has 2 amide bonds. The standard InChI is InChI=1S/C14H29N3O/c1-17(2)12-6-10-15-14(18)16-11-9-13-7-4-3-5-8-13/h13H,3-12H2,1-2H3,(H2,15,16,18). The van der Waals surface area contributed by atoms with Gasteiger partial charge in [0.2, 0.25) is 0 Å². The lowest BCUT2D eigenvalue weighted by Gasteiger charge is -2.21. The molecular weight excluding hydrogens is 226 g/mol. The van der Waals surface area contributed by atoms with E-state index in [1.807, 2.05) is 14.1 Å². The van der Waals surface area contributed by atoms with Crippen molar-refractivity contribution in [2.75, 3.05) is 33.7 Å². The molecule has 0 atom stereocenters. The predicted octanol–water partition coefficient (Wildman–Crippen LogP) is 2.21. The van der Waals surface area contributed by atoms with Crippen molar-refractivity contribution in [1.82, 2.24) is 15.5 Å². The Labute approximate surface area is 111 Å². The number of hydrogen-bond acceptors (Lipinski definition) is 2. The molecule has 0 aromatic carbocycles. The molecular formula is C14H29N3O. The SMILES string of the molecule is CN(C)CCCNC(=O)NCCC1CCCCC1. The van der Waals surface area contributed by atoms with Crippen molar-refractivity contribution >= 4 is 6.03 Å². The normalized spacial score (nSPS) is 16.8. The largest absolute Gasteiger partial charge is 0.338 e. The molecule has 0 saturated heterocycles. The number of carbonyl (C=O) groups is 1. The number of amides is 2. The summed E-state index contributed by atoms with van der Waals surface area (Å²) in [7, 11) is 4.09. The van der Waals surface area contributed by atoms with Gasteiger partial charge in [-0.05, 0) is 39.4 Å². The highest BCUT2D eigenvalue weighted by Crippen LogP contribution is 2.25. The molecule has 1 fully saturated rings. The summed E-state index contributed by atoms with van der Waals surface area (Å²) in [5, 5.41) is 5.85. The second-order valence-corrected chi connectivity index (χ2v) is 5.63. The quantitative estimate of drug-likeness (QED) is 0.685. The zero-order chi connectivity index (χ0) is 13.2. The summed E-state index contributed by atoms with van der Waals surface area (Å²) < 4.78 is 0. The number of nitrogens with zero attached hydrogens (tertiary/aromatic N) is 1. The third-order valence-electron chi connectivity index (χ3n) is 3.63. The van der Waals surface area contributed by atoms with E-state index in [9.17, 15) is 4.79 Å². The van der Waals surface area contributed by atoms with Gasteiger partial charge in [0.1, 0.15) is 0 Å². The van der Waals surface area contributed by atoms with Crippen LogP contribution in [0.3, 0.4) is 0 Å². The van der Waals surface area contributed by atoms with Gasteiger partial charge in [0.15, 0.2) is 0 Å². The Hall–Kier alpha value is -0.770. The summed E-state index contributed by atoms with van der Waals surface area (Å²) >= 11 is 0. The summed E-state index contributed by atoms with van der Waals surface area (Å²) in [6.07, 6.45) is 9.01. The molecule has 0 aliphatic heterocycles. The Bertz CT molecular complexity index is 225. The van der Waals surface area contributed by atoms with Gasteiger partial charge in [-0.1, -0.05) is 32.1 Å². The summed E-state index contributed by atoms with van der Waals surface area (Å²) in [6, 6.07) is -0.00966. The van der Waals surface area contributed by atoms with E-state index >= 15 is 0 Å². The fourth-order valence-electron chi connectivity index (χ4n) is 2.53. The van der Waals surface area contributed by atoms with E-state index in [0.717, 1.165) is 38.4 Å². The highest BCUT2D eigenvalue weighted by molar-refractivity contribution is 5.73. The average Bonchev–Trinajstić information content (AvgIpc) is 2.36. The maximum atomic E-state index is 11.5. The van der Waals surface area contributed by atoms with Gasteiger partial charge in [0.05, 0.1) is 0 Å². The number of nitrogens with one attached hydrogen (secondary N) is 2. The van der Waals surface area contributed by atoms with Crippen LogP contribution < -0.4 is 10.6 Å². The van der Waals surface area contributed by atoms with Crippen molar-refractivity contribution in [3.63, 3.8) is 0 Å². The maximum absolute atomic E-state index is 11.5. The highest BCUT2D eigenvalue weighted by Gasteiger charge is 2.12. The minimum Gasteiger partial charge on any atom is -0.338 e. The van der Waals surface area contributed by atoms with E-state index in [1.165, 1.54) is 32.1 Å². The topological polar surface area (TPSA) is 44.4 Å². The third-order valence-corrected chi connectivity index (χ3v) is 3.63. The van der Waals surface area contributed by atoms with Crippen molar-refractivity contribution in [3.05, 3.63) is 0 Å². The summed E-state index contributed by atoms with van der Waals surface area (Å²) in [5.74, 6) is 0.841. The molecule has 0 unspecified atom stereocenters. The molecule has 0 aromatic rings. The van der Waals surface area contributed by atoms with Crippen molar-refractivity contribution in [2.24, 2.45) is 5.92 Å². The molecule has 0 radical (unpaired) electrons. The van der Waals surface area contributed by atoms with E-state index in [0.29, 0.717) is 0 Å². The van der Waals surface area contributed by atoms with E-state index in [2.05, 4.69) is 15.5 Å². The van der Waals surface area contributed by atoms with Crippen LogP contribution in [0.2, 0.25) is 0 Å². The zero-order valence-electron chi connectivity index (χ0n) is 12.0. The predicted molar refractivity (Wildman–Crippen MR) is 75.8 cm³/mol. The Morgan fingerprint density at radius 3 is 2.44 bits per heavy atom. The Morgan fingerprint density at radius 1 is 1.11 bits per heavy atom. The van der Waals surface area contributed by atoms with Crippen LogP contribution in [0.4, 0.5) is 4.79 Å². The van der Waals surface area contributed by atoms with Gasteiger partial charge in [-0.15, -0.1) is 0 Å². The van der Waals surface area contributed by atoms with E-state index in [-0.39, 0.29) is 6.03 Å². The van der Waals surface area contributed by atoms with Gasteiger partial charge >= 0.3 is 6.03 Å². The second kappa shape index (κ2) is 9.20. The van der Waals surface area contributed by atoms with Gasteiger partial charge in [0.25, 0.3) is 0 Å². The molecule has 18 heavy (non-hydrogen) atoms. The van der Waals surface area contributed by atoms with Crippen LogP contribution in [-0.2, 0) is 0 Å². The fourth-order valence-corrected chi connectivity index (χ4v) is 2.53. The highest BCUT2D eigenvalue weighted by atomic mass is 16.2. The molecule has 1 aliphatic rings. The van der Waals surface area contributed by atoms with E-state index in [4.69, 9.17) is 0 Å². The second-order valence-electron chi connectivity index (χ2n) is 5.63. The summed E-state index contributed by atoms with van der Waals surface area (Å²) in [5.41, 5.74) is 0. The van der Waals surface area contributed by atoms with Gasteiger partial charge in [-0.3, -0.25) is 0 Å². The van der Waals surface area contributed by atoms with Crippen molar-refractivity contribution in [2.45, 2.75) is 44.9 Å². The van der Waals surface area contributed by atoms with Gasteiger partial charge < -0.3 is 15.5 Å². The van der Waals surface area contributed by atoms with Crippen LogP contribution in [0.1, 0.15) is 44.9 Å². The monoisotopic (exact) mass is 255 g/mol. The van der Waals surface area contributed by atoms with Crippen molar-refractivity contribution < 1.29 is 4.79 Å². The van der Waals surface area contributed by atoms with Crippen LogP contribution in [0.25, 0.3) is 0 Å². The molecule has 1 aliphatic carbocycles. The van der Waals surface area contributed by atoms with E-state index in [1.54, 1.807) is 0 Å². The summed E-state index contributed by atoms with van der Waals surface area (Å²) in [4.78, 5) is 13.6. The smallest absolute Gasteiger partial charge is 0.314 e. The minimum absolute atomic E-state index is 0.00966. The number of carbonyl (C=O) groups excluding carboxylic acids is 1. The first-order valence-corrected chi connectivity index (χ1v) is 7.35. The third kappa shape index (κ3) is 7.54. The Kier molecular flexibility index (Phi) is 7.81. The Balaban J connectivity index is 1.92. The lowest BCUT2D eigenvalue weighted by Crippen LogP contribution is -2.37. The van der Waals surface area contributed by atoms with Gasteiger partial charge in [0, 0.05) is 13.1 Å². The Morgan fingerprint density at radius 2 is 1.78 bits per heavy atom. The zero-order valence-corrected chi connectivity index (χ0v) is 12.0. The molecule has 1 rings (SSSR count). The van der Waals surface area contributed by atoms with Crippen LogP contribution in [0, 0.1) is 5.92 Å². The first-order chi connectivity index (χ1) is 8.68. The number of rotatable bonds is 7. The maximum Gasteiger partial charge on any atom is 0.314 e. The fraction of sp³-hybridized carbons (Fsp3) is 0.929. The van der Waals surface area contributed by atoms with Crippen molar-refractivity contribution in [3.8, 4) is 0 Å². The first-order valence-electron chi connectivity index (χ1n) is 7.35. The van der Waals surface area contributed by atoms with E-state index < -0.39 is 0 Å². The van der Waals surface area contributed by atoms with Crippen LogP contribution in [-0.4, -0.2) is 44.7 Å². The molecule has 106 valence electrons. The number of urea groups is 1. The lowest BCUT2D eigenvalue weighted by atomic mass is 9.87. The molecule has 0 heterocycles. The lowest BCUT2D eigenvalue weighted by molar-refractivity contribution is 0.238.